The zero-order chi connectivity index (χ0) is 21.6. The van der Waals surface area contributed by atoms with Crippen molar-refractivity contribution in [2.24, 2.45) is 58.2 Å². The van der Waals surface area contributed by atoms with Crippen LogP contribution < -0.4 is 0 Å². The van der Waals surface area contributed by atoms with Gasteiger partial charge in [0.1, 0.15) is 0 Å². The summed E-state index contributed by atoms with van der Waals surface area (Å²) in [6.07, 6.45) is 15.8. The minimum absolute atomic E-state index is 0.262. The number of fused-ring (bicyclic) bond motifs is 7. The van der Waals surface area contributed by atoms with E-state index < -0.39 is 0 Å². The molecule has 2 saturated heterocycles. The predicted octanol–water partition coefficient (Wildman–Crippen LogP) is 7.46. The normalized spacial score (nSPS) is 60.9. The van der Waals surface area contributed by atoms with Gasteiger partial charge in [-0.05, 0) is 104 Å². The van der Waals surface area contributed by atoms with Gasteiger partial charge in [-0.15, -0.1) is 0 Å². The summed E-state index contributed by atoms with van der Waals surface area (Å²) in [5.41, 5.74) is 1.10. The zero-order valence-corrected chi connectivity index (χ0v) is 21.0. The highest BCUT2D eigenvalue weighted by molar-refractivity contribution is 5.15. The zero-order valence-electron chi connectivity index (χ0n) is 21.0. The van der Waals surface area contributed by atoms with E-state index in [1.54, 1.807) is 0 Å². The molecule has 4 saturated carbocycles. The third-order valence-corrected chi connectivity index (χ3v) is 12.6. The molecule has 0 N–H and O–H groups in total. The lowest BCUT2D eigenvalue weighted by Gasteiger charge is -2.61. The highest BCUT2D eigenvalue weighted by Gasteiger charge is 2.69. The van der Waals surface area contributed by atoms with Gasteiger partial charge < -0.3 is 9.47 Å². The van der Waals surface area contributed by atoms with E-state index in [9.17, 15) is 0 Å². The van der Waals surface area contributed by atoms with Gasteiger partial charge in [0.2, 0.25) is 0 Å². The van der Waals surface area contributed by atoms with Crippen LogP contribution in [0.4, 0.5) is 0 Å². The van der Waals surface area contributed by atoms with Crippen molar-refractivity contribution in [3.63, 3.8) is 0 Å². The second-order valence-electron chi connectivity index (χ2n) is 13.7. The highest BCUT2D eigenvalue weighted by atomic mass is 16.7. The molecule has 4 aliphatic carbocycles. The molecule has 31 heavy (non-hydrogen) atoms. The molecule has 1 spiro atoms. The molecule has 176 valence electrons. The highest BCUT2D eigenvalue weighted by Crippen LogP contribution is 2.71. The van der Waals surface area contributed by atoms with Crippen LogP contribution in [0, 0.1) is 58.2 Å². The molecule has 1 unspecified atom stereocenters. The maximum atomic E-state index is 7.02. The molecule has 6 rings (SSSR count). The molecular formula is C29H48O2. The van der Waals surface area contributed by atoms with Crippen LogP contribution in [-0.4, -0.2) is 18.5 Å². The van der Waals surface area contributed by atoms with Crippen LogP contribution in [0.5, 0.6) is 0 Å². The first kappa shape index (κ1) is 21.5. The number of hydrogen-bond acceptors (Lipinski definition) is 2. The summed E-state index contributed by atoms with van der Waals surface area (Å²) in [4.78, 5) is 0. The molecule has 0 amide bonds. The molecule has 6 aliphatic rings. The second-order valence-corrected chi connectivity index (χ2v) is 13.7. The molecule has 2 nitrogen and oxygen atoms in total. The molecule has 0 aromatic carbocycles. The largest absolute Gasteiger partial charge is 0.350 e. The lowest BCUT2D eigenvalue weighted by molar-refractivity contribution is -0.274. The smallest absolute Gasteiger partial charge is 0.171 e. The van der Waals surface area contributed by atoms with Crippen LogP contribution in [0.1, 0.15) is 105 Å². The molecule has 0 aromatic heterocycles. The first-order valence-electron chi connectivity index (χ1n) is 14.1. The van der Waals surface area contributed by atoms with Crippen molar-refractivity contribution in [2.75, 3.05) is 6.61 Å². The average molecular weight is 429 g/mol. The molecule has 6 fully saturated rings. The summed E-state index contributed by atoms with van der Waals surface area (Å²) in [6, 6.07) is 0. The Kier molecular flexibility index (Phi) is 4.99. The molecule has 2 heteroatoms. The third kappa shape index (κ3) is 2.88. The van der Waals surface area contributed by atoms with E-state index in [0.29, 0.717) is 28.8 Å². The van der Waals surface area contributed by atoms with Gasteiger partial charge in [0.15, 0.2) is 5.79 Å². The fourth-order valence-corrected chi connectivity index (χ4v) is 10.9. The van der Waals surface area contributed by atoms with Gasteiger partial charge in [-0.1, -0.05) is 47.5 Å². The van der Waals surface area contributed by atoms with E-state index >= 15 is 0 Å². The summed E-state index contributed by atoms with van der Waals surface area (Å²) < 4.78 is 13.5. The summed E-state index contributed by atoms with van der Waals surface area (Å²) >= 11 is 0. The Morgan fingerprint density at radius 2 is 1.68 bits per heavy atom. The molecule has 0 radical (unpaired) electrons. The third-order valence-electron chi connectivity index (χ3n) is 12.6. The monoisotopic (exact) mass is 428 g/mol. The van der Waals surface area contributed by atoms with Crippen molar-refractivity contribution < 1.29 is 9.47 Å². The van der Waals surface area contributed by atoms with Crippen molar-refractivity contribution in [2.45, 2.75) is 117 Å². The second kappa shape index (κ2) is 7.21. The van der Waals surface area contributed by atoms with Gasteiger partial charge in [-0.2, -0.15) is 0 Å². The van der Waals surface area contributed by atoms with E-state index in [0.717, 1.165) is 48.5 Å². The van der Waals surface area contributed by atoms with Crippen LogP contribution in [-0.2, 0) is 9.47 Å². The van der Waals surface area contributed by atoms with Crippen molar-refractivity contribution in [1.29, 1.82) is 0 Å². The van der Waals surface area contributed by atoms with E-state index in [1.807, 2.05) is 0 Å². The lowest BCUT2D eigenvalue weighted by atomic mass is 9.44. The van der Waals surface area contributed by atoms with E-state index in [-0.39, 0.29) is 5.79 Å². The fraction of sp³-hybridized carbons (Fsp3) is 1.00. The lowest BCUT2D eigenvalue weighted by Crippen LogP contribution is -2.54. The van der Waals surface area contributed by atoms with E-state index in [1.165, 1.54) is 64.2 Å². The Hall–Kier alpha value is -0.0800. The Labute approximate surface area is 191 Å². The molecule has 12 atom stereocenters. The van der Waals surface area contributed by atoms with Gasteiger partial charge in [-0.3, -0.25) is 0 Å². The van der Waals surface area contributed by atoms with Gasteiger partial charge in [0.05, 0.1) is 12.7 Å². The fourth-order valence-electron chi connectivity index (χ4n) is 10.9. The van der Waals surface area contributed by atoms with Crippen LogP contribution in [0.3, 0.4) is 0 Å². The van der Waals surface area contributed by atoms with Crippen LogP contribution >= 0.6 is 0 Å². The molecule has 2 heterocycles. The number of ether oxygens (including phenoxy) is 2. The molecule has 0 aromatic rings. The van der Waals surface area contributed by atoms with Crippen LogP contribution in [0.15, 0.2) is 0 Å². The minimum atomic E-state index is -0.262. The van der Waals surface area contributed by atoms with Crippen LogP contribution in [0.25, 0.3) is 0 Å². The SMILES string of the molecule is CCC1CCO[C@]2(C1)O[C@H]1C[C@H]3[C@@H]4CC[C@@H]5C[C@H](C)CC[C@]5(C)[C@H]4CC[C@]3(C)[C@H]1[C@@H]2C. The Morgan fingerprint density at radius 1 is 0.871 bits per heavy atom. The maximum absolute atomic E-state index is 7.02. The van der Waals surface area contributed by atoms with Crippen molar-refractivity contribution in [3.05, 3.63) is 0 Å². The summed E-state index contributed by atoms with van der Waals surface area (Å²) in [5, 5.41) is 0. The first-order valence-corrected chi connectivity index (χ1v) is 14.1. The topological polar surface area (TPSA) is 18.5 Å². The Morgan fingerprint density at radius 3 is 2.48 bits per heavy atom. The molecule has 2 aliphatic heterocycles. The Balaban J connectivity index is 1.26. The Bertz CT molecular complexity index is 705. The number of hydrogen-bond donors (Lipinski definition) is 0. The first-order chi connectivity index (χ1) is 14.8. The molecule has 0 bridgehead atoms. The van der Waals surface area contributed by atoms with Gasteiger partial charge in [-0.25, -0.2) is 0 Å². The van der Waals surface area contributed by atoms with Gasteiger partial charge >= 0.3 is 0 Å². The van der Waals surface area contributed by atoms with Gasteiger partial charge in [0.25, 0.3) is 0 Å². The maximum Gasteiger partial charge on any atom is 0.171 e. The van der Waals surface area contributed by atoms with Crippen molar-refractivity contribution in [1.82, 2.24) is 0 Å². The van der Waals surface area contributed by atoms with Gasteiger partial charge in [0, 0.05) is 12.3 Å². The van der Waals surface area contributed by atoms with E-state index in [2.05, 4.69) is 34.6 Å². The summed E-state index contributed by atoms with van der Waals surface area (Å²) in [6.45, 7) is 13.7. The van der Waals surface area contributed by atoms with Crippen molar-refractivity contribution >= 4 is 0 Å². The standard InChI is InChI=1S/C29H48O2/c1-6-20-11-14-30-29(17-20)19(3)26-25(31-29)16-24-22-8-7-21-15-18(2)9-12-27(21,4)23(22)10-13-28(24,26)5/h18-26H,6-17H2,1-5H3/t18-,19+,20?,21-,22-,23+,24+,25+,26+,27+,28+,29-/m1/s1. The predicted molar refractivity (Wildman–Crippen MR) is 125 cm³/mol. The summed E-state index contributed by atoms with van der Waals surface area (Å²) in [5.74, 6) is 6.60. The average Bonchev–Trinajstić information content (AvgIpc) is 3.19. The minimum Gasteiger partial charge on any atom is -0.350 e. The van der Waals surface area contributed by atoms with Crippen LogP contribution in [0.2, 0.25) is 0 Å². The van der Waals surface area contributed by atoms with Crippen molar-refractivity contribution in [3.8, 4) is 0 Å². The molecular weight excluding hydrogens is 380 g/mol. The van der Waals surface area contributed by atoms with E-state index in [4.69, 9.17) is 9.47 Å². The summed E-state index contributed by atoms with van der Waals surface area (Å²) in [7, 11) is 0. The quantitative estimate of drug-likeness (QED) is 0.431. The number of rotatable bonds is 1.